The van der Waals surface area contributed by atoms with Crippen LogP contribution in [0.2, 0.25) is 5.28 Å². The van der Waals surface area contributed by atoms with Gasteiger partial charge in [0.05, 0.1) is 6.10 Å². The number of rotatable bonds is 5. The molecule has 0 radical (unpaired) electrons. The molecule has 0 aliphatic carbocycles. The average Bonchev–Trinajstić information content (AvgIpc) is 2.76. The van der Waals surface area contributed by atoms with Crippen LogP contribution in [0.25, 0.3) is 0 Å². The summed E-state index contributed by atoms with van der Waals surface area (Å²) in [5, 5.41) is 1.33. The minimum Gasteiger partial charge on any atom is -0.377 e. The van der Waals surface area contributed by atoms with E-state index in [1.807, 2.05) is 0 Å². The normalized spacial score (nSPS) is 22.7. The lowest BCUT2D eigenvalue weighted by Crippen LogP contribution is -2.25. The van der Waals surface area contributed by atoms with Crippen molar-refractivity contribution in [2.75, 3.05) is 24.6 Å². The highest BCUT2D eigenvalue weighted by Crippen LogP contribution is 2.31. The molecule has 106 valence electrons. The molecule has 0 spiro atoms. The first kappa shape index (κ1) is 14.8. The number of aromatic nitrogens is 3. The van der Waals surface area contributed by atoms with E-state index >= 15 is 0 Å². The quantitative estimate of drug-likeness (QED) is 0.833. The van der Waals surface area contributed by atoms with Crippen LogP contribution in [0.15, 0.2) is 5.16 Å². The van der Waals surface area contributed by atoms with E-state index in [0.29, 0.717) is 16.4 Å². The maximum Gasteiger partial charge on any atom is 0.230 e. The van der Waals surface area contributed by atoms with Crippen molar-refractivity contribution in [2.45, 2.75) is 43.7 Å². The Balaban J connectivity index is 2.16. The number of hydrogen-bond donors (Lipinski definition) is 0. The average molecular weight is 303 g/mol. The standard InChI is InChI=1S/C12H19ClN4OS/c1-4-17(5-2)11-14-10(13)15-12(16-11)19-9-6-7-18-8(9)3/h8-9H,4-7H2,1-3H3. The third-order valence-electron chi connectivity index (χ3n) is 3.19. The van der Waals surface area contributed by atoms with Gasteiger partial charge in [0, 0.05) is 24.9 Å². The van der Waals surface area contributed by atoms with E-state index in [-0.39, 0.29) is 11.4 Å². The molecule has 1 aliphatic heterocycles. The molecule has 0 saturated carbocycles. The zero-order chi connectivity index (χ0) is 13.8. The maximum absolute atomic E-state index is 6.00. The molecule has 19 heavy (non-hydrogen) atoms. The van der Waals surface area contributed by atoms with Crippen LogP contribution in [-0.4, -0.2) is 46.0 Å². The maximum atomic E-state index is 6.00. The number of nitrogens with zero attached hydrogens (tertiary/aromatic N) is 4. The largest absolute Gasteiger partial charge is 0.377 e. The van der Waals surface area contributed by atoms with Gasteiger partial charge >= 0.3 is 0 Å². The Labute approximate surface area is 123 Å². The zero-order valence-electron chi connectivity index (χ0n) is 11.5. The number of thioether (sulfide) groups is 1. The number of ether oxygens (including phenoxy) is 1. The fraction of sp³-hybridized carbons (Fsp3) is 0.750. The number of halogens is 1. The molecular weight excluding hydrogens is 284 g/mol. The molecule has 2 rings (SSSR count). The third-order valence-corrected chi connectivity index (χ3v) is 4.67. The van der Waals surface area contributed by atoms with Crippen molar-refractivity contribution in [1.82, 2.24) is 15.0 Å². The molecule has 0 aromatic carbocycles. The third kappa shape index (κ3) is 3.70. The van der Waals surface area contributed by atoms with Crippen LogP contribution in [0.5, 0.6) is 0 Å². The number of hydrogen-bond acceptors (Lipinski definition) is 6. The van der Waals surface area contributed by atoms with Gasteiger partial charge in [0.15, 0.2) is 5.16 Å². The fourth-order valence-electron chi connectivity index (χ4n) is 2.02. The van der Waals surface area contributed by atoms with Gasteiger partial charge in [-0.25, -0.2) is 0 Å². The molecule has 1 aromatic heterocycles. The van der Waals surface area contributed by atoms with Crippen molar-refractivity contribution in [3.8, 4) is 0 Å². The van der Waals surface area contributed by atoms with Crippen LogP contribution >= 0.6 is 23.4 Å². The highest BCUT2D eigenvalue weighted by Gasteiger charge is 2.26. The molecular formula is C12H19ClN4OS. The number of anilines is 1. The minimum atomic E-state index is 0.234. The summed E-state index contributed by atoms with van der Waals surface area (Å²) in [4.78, 5) is 15.0. The molecule has 1 aliphatic rings. The zero-order valence-corrected chi connectivity index (χ0v) is 13.0. The Kier molecular flexibility index (Phi) is 5.24. The molecule has 2 atom stereocenters. The molecule has 5 nitrogen and oxygen atoms in total. The molecule has 0 amide bonds. The smallest absolute Gasteiger partial charge is 0.230 e. The molecule has 7 heteroatoms. The lowest BCUT2D eigenvalue weighted by atomic mass is 10.3. The molecule has 2 unspecified atom stereocenters. The van der Waals surface area contributed by atoms with Gasteiger partial charge in [0.25, 0.3) is 0 Å². The summed E-state index contributed by atoms with van der Waals surface area (Å²) in [7, 11) is 0. The second kappa shape index (κ2) is 6.72. The van der Waals surface area contributed by atoms with Crippen LogP contribution in [0.1, 0.15) is 27.2 Å². The lowest BCUT2D eigenvalue weighted by Gasteiger charge is -2.19. The van der Waals surface area contributed by atoms with Crippen molar-refractivity contribution in [2.24, 2.45) is 0 Å². The van der Waals surface area contributed by atoms with Crippen LogP contribution in [0.4, 0.5) is 5.95 Å². The van der Waals surface area contributed by atoms with Gasteiger partial charge in [-0.2, -0.15) is 15.0 Å². The van der Waals surface area contributed by atoms with Crippen molar-refractivity contribution in [3.63, 3.8) is 0 Å². The predicted octanol–water partition coefficient (Wildman–Crippen LogP) is 2.64. The first-order valence-electron chi connectivity index (χ1n) is 6.58. The Morgan fingerprint density at radius 2 is 2.05 bits per heavy atom. The van der Waals surface area contributed by atoms with Gasteiger partial charge in [-0.1, -0.05) is 11.8 Å². The van der Waals surface area contributed by atoms with Crippen molar-refractivity contribution < 1.29 is 4.74 Å². The van der Waals surface area contributed by atoms with E-state index in [0.717, 1.165) is 26.1 Å². The molecule has 2 heterocycles. The Hall–Kier alpha value is -0.590. The summed E-state index contributed by atoms with van der Waals surface area (Å²) in [6.45, 7) is 8.73. The molecule has 1 saturated heterocycles. The van der Waals surface area contributed by atoms with Crippen molar-refractivity contribution >= 4 is 29.3 Å². The fourth-order valence-corrected chi connectivity index (χ4v) is 3.26. The van der Waals surface area contributed by atoms with Crippen molar-refractivity contribution in [1.29, 1.82) is 0 Å². The second-order valence-corrected chi connectivity index (χ2v) is 5.92. The van der Waals surface area contributed by atoms with Gasteiger partial charge in [-0.3, -0.25) is 0 Å². The van der Waals surface area contributed by atoms with E-state index in [1.54, 1.807) is 11.8 Å². The van der Waals surface area contributed by atoms with E-state index < -0.39 is 0 Å². The summed E-state index contributed by atoms with van der Waals surface area (Å²) in [6, 6.07) is 0. The summed E-state index contributed by atoms with van der Waals surface area (Å²) in [6.07, 6.45) is 1.26. The topological polar surface area (TPSA) is 51.1 Å². The summed E-state index contributed by atoms with van der Waals surface area (Å²) in [5.41, 5.74) is 0. The van der Waals surface area contributed by atoms with E-state index in [1.165, 1.54) is 0 Å². The monoisotopic (exact) mass is 302 g/mol. The van der Waals surface area contributed by atoms with E-state index in [4.69, 9.17) is 16.3 Å². The van der Waals surface area contributed by atoms with Crippen LogP contribution in [0, 0.1) is 0 Å². The molecule has 0 bridgehead atoms. The van der Waals surface area contributed by atoms with Crippen LogP contribution in [-0.2, 0) is 4.74 Å². The van der Waals surface area contributed by atoms with Gasteiger partial charge in [-0.05, 0) is 38.8 Å². The minimum absolute atomic E-state index is 0.234. The summed E-state index contributed by atoms with van der Waals surface area (Å²) < 4.78 is 5.55. The van der Waals surface area contributed by atoms with E-state index in [9.17, 15) is 0 Å². The Morgan fingerprint density at radius 3 is 2.63 bits per heavy atom. The second-order valence-electron chi connectivity index (χ2n) is 4.38. The van der Waals surface area contributed by atoms with Crippen LogP contribution < -0.4 is 4.90 Å². The first-order valence-corrected chi connectivity index (χ1v) is 7.84. The molecule has 1 aromatic rings. The van der Waals surface area contributed by atoms with Gasteiger partial charge in [0.2, 0.25) is 11.2 Å². The van der Waals surface area contributed by atoms with Gasteiger partial charge < -0.3 is 9.64 Å². The highest BCUT2D eigenvalue weighted by molar-refractivity contribution is 7.99. The summed E-state index contributed by atoms with van der Waals surface area (Å²) >= 11 is 7.62. The Bertz CT molecular complexity index is 430. The predicted molar refractivity (Wildman–Crippen MR) is 78.1 cm³/mol. The highest BCUT2D eigenvalue weighted by atomic mass is 35.5. The van der Waals surface area contributed by atoms with Gasteiger partial charge in [-0.15, -0.1) is 0 Å². The van der Waals surface area contributed by atoms with Crippen LogP contribution in [0.3, 0.4) is 0 Å². The molecule has 1 fully saturated rings. The van der Waals surface area contributed by atoms with Gasteiger partial charge in [0.1, 0.15) is 0 Å². The molecule has 0 N–H and O–H groups in total. The van der Waals surface area contributed by atoms with Crippen molar-refractivity contribution in [3.05, 3.63) is 5.28 Å². The lowest BCUT2D eigenvalue weighted by molar-refractivity contribution is 0.127. The first-order chi connectivity index (χ1) is 9.13. The van der Waals surface area contributed by atoms with E-state index in [2.05, 4.69) is 40.6 Å². The SMILES string of the molecule is CCN(CC)c1nc(Cl)nc(SC2CCOC2C)n1. The summed E-state index contributed by atoms with van der Waals surface area (Å²) in [5.74, 6) is 0.652. The Morgan fingerprint density at radius 1 is 1.32 bits per heavy atom.